The Hall–Kier alpha value is -1.43. The number of rotatable bonds is 5. The molecule has 1 unspecified atom stereocenters. The van der Waals surface area contributed by atoms with Crippen molar-refractivity contribution in [2.45, 2.75) is 12.5 Å². The Kier molecular flexibility index (Phi) is 5.11. The second-order valence-electron chi connectivity index (χ2n) is 4.25. The van der Waals surface area contributed by atoms with Crippen molar-refractivity contribution in [3.05, 3.63) is 57.0 Å². The van der Waals surface area contributed by atoms with E-state index >= 15 is 0 Å². The number of nitrogens with one attached hydrogen (secondary N) is 1. The largest absolute Gasteiger partial charge is 0.387 e. The summed E-state index contributed by atoms with van der Waals surface area (Å²) in [5.41, 5.74) is 0.913. The van der Waals surface area contributed by atoms with Crippen molar-refractivity contribution in [2.75, 3.05) is 6.54 Å². The normalized spacial score (nSPS) is 12.2. The van der Waals surface area contributed by atoms with Crippen LogP contribution < -0.4 is 5.32 Å². The van der Waals surface area contributed by atoms with Gasteiger partial charge in [-0.2, -0.15) is 11.3 Å². The number of carbonyl (C=O) groups is 1. The lowest BCUT2D eigenvalue weighted by Gasteiger charge is -2.11. The molecule has 6 heteroatoms. The third-order valence-corrected chi connectivity index (χ3v) is 3.88. The van der Waals surface area contributed by atoms with Crippen molar-refractivity contribution >= 4 is 28.8 Å². The first kappa shape index (κ1) is 15.0. The summed E-state index contributed by atoms with van der Waals surface area (Å²) in [6.07, 6.45) is -0.914. The molecule has 1 aromatic heterocycles. The van der Waals surface area contributed by atoms with Gasteiger partial charge >= 0.3 is 0 Å². The standard InChI is InChI=1S/C14H13ClFNO2S/c15-11-2-1-3-12(16)10(11)6-14(19)17-7-13(18)9-4-5-20-8-9/h1-5,8,13,18H,6-7H2,(H,17,19). The first-order valence-electron chi connectivity index (χ1n) is 5.97. The van der Waals surface area contributed by atoms with Gasteiger partial charge in [0.1, 0.15) is 5.82 Å². The van der Waals surface area contributed by atoms with Crippen LogP contribution in [0.4, 0.5) is 4.39 Å². The molecule has 0 aliphatic carbocycles. The summed E-state index contributed by atoms with van der Waals surface area (Å²) in [6.45, 7) is 0.0850. The number of aliphatic hydroxyl groups excluding tert-OH is 1. The first-order valence-corrected chi connectivity index (χ1v) is 7.29. The highest BCUT2D eigenvalue weighted by Gasteiger charge is 2.14. The molecule has 2 N–H and O–H groups in total. The Morgan fingerprint density at radius 3 is 2.90 bits per heavy atom. The van der Waals surface area contributed by atoms with Gasteiger partial charge in [-0.25, -0.2) is 4.39 Å². The zero-order valence-corrected chi connectivity index (χ0v) is 12.0. The maximum atomic E-state index is 13.5. The van der Waals surface area contributed by atoms with Gasteiger partial charge in [-0.1, -0.05) is 17.7 Å². The smallest absolute Gasteiger partial charge is 0.224 e. The summed E-state index contributed by atoms with van der Waals surface area (Å²) < 4.78 is 13.5. The van der Waals surface area contributed by atoms with Gasteiger partial charge in [-0.05, 0) is 34.5 Å². The maximum absolute atomic E-state index is 13.5. The SMILES string of the molecule is O=C(Cc1c(F)cccc1Cl)NCC(O)c1ccsc1. The molecule has 0 fully saturated rings. The van der Waals surface area contributed by atoms with Crippen LogP contribution in [0.2, 0.25) is 5.02 Å². The van der Waals surface area contributed by atoms with Gasteiger partial charge in [0.2, 0.25) is 5.91 Å². The Morgan fingerprint density at radius 2 is 2.25 bits per heavy atom. The van der Waals surface area contributed by atoms with Crippen LogP contribution in [0.3, 0.4) is 0 Å². The van der Waals surface area contributed by atoms with Crippen LogP contribution in [0.15, 0.2) is 35.0 Å². The van der Waals surface area contributed by atoms with Gasteiger partial charge in [-0.15, -0.1) is 0 Å². The molecule has 0 aliphatic heterocycles. The van der Waals surface area contributed by atoms with Crippen LogP contribution in [-0.4, -0.2) is 17.6 Å². The number of aliphatic hydroxyl groups is 1. The van der Waals surface area contributed by atoms with Crippen LogP contribution in [0, 0.1) is 5.82 Å². The molecular weight excluding hydrogens is 301 g/mol. The molecule has 0 aliphatic rings. The quantitative estimate of drug-likeness (QED) is 0.891. The molecule has 0 radical (unpaired) electrons. The molecule has 0 saturated heterocycles. The second kappa shape index (κ2) is 6.83. The summed E-state index contributed by atoms with van der Waals surface area (Å²) in [5.74, 6) is -0.891. The number of thiophene rings is 1. The summed E-state index contributed by atoms with van der Waals surface area (Å²) in [6, 6.07) is 6.07. The summed E-state index contributed by atoms with van der Waals surface area (Å²) in [5, 5.41) is 16.3. The lowest BCUT2D eigenvalue weighted by molar-refractivity contribution is -0.120. The minimum atomic E-state index is -0.763. The van der Waals surface area contributed by atoms with E-state index in [-0.39, 0.29) is 29.5 Å². The molecule has 2 rings (SSSR count). The van der Waals surface area contributed by atoms with Gasteiger partial charge in [0.05, 0.1) is 12.5 Å². The Balaban J connectivity index is 1.90. The Bertz CT molecular complexity index is 569. The zero-order chi connectivity index (χ0) is 14.5. The predicted molar refractivity (Wildman–Crippen MR) is 77.4 cm³/mol. The molecule has 1 amide bonds. The molecular formula is C14H13ClFNO2S. The van der Waals surface area contributed by atoms with Crippen molar-refractivity contribution in [2.24, 2.45) is 0 Å². The van der Waals surface area contributed by atoms with Gasteiger partial charge in [0.15, 0.2) is 0 Å². The maximum Gasteiger partial charge on any atom is 0.224 e. The van der Waals surface area contributed by atoms with E-state index < -0.39 is 11.9 Å². The molecule has 1 atom stereocenters. The molecule has 0 spiro atoms. The van der Waals surface area contributed by atoms with Crippen molar-refractivity contribution in [1.82, 2.24) is 5.32 Å². The third kappa shape index (κ3) is 3.79. The number of halogens is 2. The summed E-state index contributed by atoms with van der Waals surface area (Å²) in [7, 11) is 0. The highest BCUT2D eigenvalue weighted by atomic mass is 35.5. The average Bonchev–Trinajstić information content (AvgIpc) is 2.94. The molecule has 1 heterocycles. The minimum absolute atomic E-state index is 0.0850. The second-order valence-corrected chi connectivity index (χ2v) is 5.44. The lowest BCUT2D eigenvalue weighted by Crippen LogP contribution is -2.29. The van der Waals surface area contributed by atoms with Crippen LogP contribution in [0.25, 0.3) is 0 Å². The number of benzene rings is 1. The molecule has 1 aromatic carbocycles. The molecule has 20 heavy (non-hydrogen) atoms. The lowest BCUT2D eigenvalue weighted by atomic mass is 10.1. The van der Waals surface area contributed by atoms with E-state index in [0.29, 0.717) is 0 Å². The van der Waals surface area contributed by atoms with E-state index in [1.165, 1.54) is 29.5 Å². The van der Waals surface area contributed by atoms with E-state index in [4.69, 9.17) is 11.6 Å². The first-order chi connectivity index (χ1) is 9.58. The van der Waals surface area contributed by atoms with E-state index in [1.807, 2.05) is 10.8 Å². The fourth-order valence-corrected chi connectivity index (χ4v) is 2.65. The van der Waals surface area contributed by atoms with E-state index in [0.717, 1.165) is 5.56 Å². The Morgan fingerprint density at radius 1 is 1.45 bits per heavy atom. The number of carbonyl (C=O) groups excluding carboxylic acids is 1. The van der Waals surface area contributed by atoms with Gasteiger partial charge < -0.3 is 10.4 Å². The highest BCUT2D eigenvalue weighted by Crippen LogP contribution is 2.19. The third-order valence-electron chi connectivity index (χ3n) is 2.82. The Labute approximate surface area is 125 Å². The molecule has 3 nitrogen and oxygen atoms in total. The molecule has 2 aromatic rings. The fourth-order valence-electron chi connectivity index (χ4n) is 1.72. The number of amides is 1. The van der Waals surface area contributed by atoms with Crippen LogP contribution in [0.1, 0.15) is 17.2 Å². The van der Waals surface area contributed by atoms with E-state index in [9.17, 15) is 14.3 Å². The van der Waals surface area contributed by atoms with Gasteiger partial charge in [0.25, 0.3) is 0 Å². The van der Waals surface area contributed by atoms with Crippen molar-refractivity contribution in [3.8, 4) is 0 Å². The van der Waals surface area contributed by atoms with Crippen LogP contribution in [-0.2, 0) is 11.2 Å². The highest BCUT2D eigenvalue weighted by molar-refractivity contribution is 7.07. The van der Waals surface area contributed by atoms with Crippen LogP contribution in [0.5, 0.6) is 0 Å². The summed E-state index contributed by atoms with van der Waals surface area (Å²) in [4.78, 5) is 11.7. The summed E-state index contributed by atoms with van der Waals surface area (Å²) >= 11 is 7.32. The van der Waals surface area contributed by atoms with Crippen LogP contribution >= 0.6 is 22.9 Å². The monoisotopic (exact) mass is 313 g/mol. The molecule has 106 valence electrons. The number of hydrogen-bond acceptors (Lipinski definition) is 3. The van der Waals surface area contributed by atoms with Gasteiger partial charge in [0, 0.05) is 17.1 Å². The van der Waals surface area contributed by atoms with E-state index in [1.54, 1.807) is 6.07 Å². The zero-order valence-electron chi connectivity index (χ0n) is 10.5. The minimum Gasteiger partial charge on any atom is -0.387 e. The topological polar surface area (TPSA) is 49.3 Å². The number of hydrogen-bond donors (Lipinski definition) is 2. The van der Waals surface area contributed by atoms with Crippen molar-refractivity contribution < 1.29 is 14.3 Å². The van der Waals surface area contributed by atoms with Gasteiger partial charge in [-0.3, -0.25) is 4.79 Å². The predicted octanol–water partition coefficient (Wildman–Crippen LogP) is 2.93. The molecule has 0 bridgehead atoms. The average molecular weight is 314 g/mol. The fraction of sp³-hybridized carbons (Fsp3) is 0.214. The van der Waals surface area contributed by atoms with E-state index in [2.05, 4.69) is 5.32 Å². The molecule has 0 saturated carbocycles. The van der Waals surface area contributed by atoms with Crippen molar-refractivity contribution in [3.63, 3.8) is 0 Å². The van der Waals surface area contributed by atoms with Crippen molar-refractivity contribution in [1.29, 1.82) is 0 Å².